The summed E-state index contributed by atoms with van der Waals surface area (Å²) < 4.78 is 5.17. The Morgan fingerprint density at radius 1 is 0.857 bits per heavy atom. The predicted molar refractivity (Wildman–Crippen MR) is 87.5 cm³/mol. The highest BCUT2D eigenvalue weighted by atomic mass is 16.6. The minimum Gasteiger partial charge on any atom is -0.444 e. The second-order valence-electron chi connectivity index (χ2n) is 6.69. The first-order valence-corrected chi connectivity index (χ1v) is 8.53. The van der Waals surface area contributed by atoms with Crippen molar-refractivity contribution in [2.75, 3.05) is 13.2 Å². The maximum Gasteiger partial charge on any atom is 0.407 e. The number of rotatable bonds is 12. The molecule has 0 aliphatic heterocycles. The van der Waals surface area contributed by atoms with Crippen molar-refractivity contribution in [3.63, 3.8) is 0 Å². The van der Waals surface area contributed by atoms with Gasteiger partial charge >= 0.3 is 6.09 Å². The molecule has 0 aromatic rings. The van der Waals surface area contributed by atoms with E-state index in [1.54, 1.807) is 0 Å². The SMILES string of the molecule is CC(C)(C)OC(=O)NCCCCCCCCCCCCO. The molecule has 21 heavy (non-hydrogen) atoms. The molecule has 0 saturated heterocycles. The van der Waals surface area contributed by atoms with E-state index < -0.39 is 5.60 Å². The third-order valence-electron chi connectivity index (χ3n) is 3.25. The average molecular weight is 301 g/mol. The van der Waals surface area contributed by atoms with Crippen molar-refractivity contribution in [3.05, 3.63) is 0 Å². The lowest BCUT2D eigenvalue weighted by Gasteiger charge is -2.19. The number of aliphatic hydroxyl groups is 1. The van der Waals surface area contributed by atoms with Crippen LogP contribution in [0.3, 0.4) is 0 Å². The number of carbonyl (C=O) groups is 1. The van der Waals surface area contributed by atoms with Gasteiger partial charge < -0.3 is 15.2 Å². The van der Waals surface area contributed by atoms with E-state index in [0.29, 0.717) is 13.2 Å². The number of unbranched alkanes of at least 4 members (excludes halogenated alkanes) is 9. The molecule has 0 saturated carbocycles. The number of nitrogens with one attached hydrogen (secondary N) is 1. The predicted octanol–water partition coefficient (Wildman–Crippen LogP) is 4.40. The molecule has 2 N–H and O–H groups in total. The van der Waals surface area contributed by atoms with Crippen LogP contribution in [-0.2, 0) is 4.74 Å². The molecule has 0 rings (SSSR count). The Labute approximate surface area is 130 Å². The summed E-state index contributed by atoms with van der Waals surface area (Å²) >= 11 is 0. The highest BCUT2D eigenvalue weighted by Gasteiger charge is 2.15. The number of alkyl carbamates (subject to hydrolysis) is 1. The summed E-state index contributed by atoms with van der Waals surface area (Å²) in [6.07, 6.45) is 11.7. The average Bonchev–Trinajstić information content (AvgIpc) is 2.38. The second kappa shape index (κ2) is 12.9. The minimum atomic E-state index is -0.415. The van der Waals surface area contributed by atoms with Crippen LogP contribution in [0.15, 0.2) is 0 Å². The van der Waals surface area contributed by atoms with Crippen LogP contribution in [0, 0.1) is 0 Å². The lowest BCUT2D eigenvalue weighted by Crippen LogP contribution is -2.32. The molecular weight excluding hydrogens is 266 g/mol. The molecular formula is C17H35NO3. The molecule has 0 heterocycles. The lowest BCUT2D eigenvalue weighted by atomic mass is 10.1. The summed E-state index contributed by atoms with van der Waals surface area (Å²) in [5.41, 5.74) is -0.415. The summed E-state index contributed by atoms with van der Waals surface area (Å²) in [5.74, 6) is 0. The second-order valence-corrected chi connectivity index (χ2v) is 6.69. The quantitative estimate of drug-likeness (QED) is 0.525. The largest absolute Gasteiger partial charge is 0.444 e. The van der Waals surface area contributed by atoms with Gasteiger partial charge in [0.2, 0.25) is 0 Å². The van der Waals surface area contributed by atoms with E-state index in [1.807, 2.05) is 20.8 Å². The fourth-order valence-corrected chi connectivity index (χ4v) is 2.16. The van der Waals surface area contributed by atoms with Gasteiger partial charge in [0.05, 0.1) is 0 Å². The number of aliphatic hydroxyl groups excluding tert-OH is 1. The first-order chi connectivity index (χ1) is 9.95. The highest BCUT2D eigenvalue weighted by Crippen LogP contribution is 2.10. The Hall–Kier alpha value is -0.770. The molecule has 0 atom stereocenters. The number of ether oxygens (including phenoxy) is 1. The molecule has 0 radical (unpaired) electrons. The number of hydrogen-bond donors (Lipinski definition) is 2. The molecule has 0 fully saturated rings. The Balaban J connectivity index is 3.17. The normalized spacial score (nSPS) is 11.4. The van der Waals surface area contributed by atoms with Crippen molar-refractivity contribution in [1.82, 2.24) is 5.32 Å². The van der Waals surface area contributed by atoms with Crippen molar-refractivity contribution in [2.45, 2.75) is 90.6 Å². The van der Waals surface area contributed by atoms with Crippen LogP contribution < -0.4 is 5.32 Å². The fourth-order valence-electron chi connectivity index (χ4n) is 2.16. The first kappa shape index (κ1) is 20.2. The van der Waals surface area contributed by atoms with Gasteiger partial charge in [-0.05, 0) is 33.6 Å². The van der Waals surface area contributed by atoms with Gasteiger partial charge in [-0.1, -0.05) is 51.4 Å². The summed E-state index contributed by atoms with van der Waals surface area (Å²) in [7, 11) is 0. The van der Waals surface area contributed by atoms with E-state index in [1.165, 1.54) is 44.9 Å². The Morgan fingerprint density at radius 2 is 1.29 bits per heavy atom. The van der Waals surface area contributed by atoms with E-state index in [2.05, 4.69) is 5.32 Å². The Kier molecular flexibility index (Phi) is 12.5. The van der Waals surface area contributed by atoms with Crippen LogP contribution in [0.2, 0.25) is 0 Å². The number of carbonyl (C=O) groups excluding carboxylic acids is 1. The standard InChI is InChI=1S/C17H35NO3/c1-17(2,3)21-16(20)18-14-12-10-8-6-4-5-7-9-11-13-15-19/h19H,4-15H2,1-3H3,(H,18,20). The van der Waals surface area contributed by atoms with Gasteiger partial charge in [-0.2, -0.15) is 0 Å². The molecule has 0 bridgehead atoms. The van der Waals surface area contributed by atoms with Gasteiger partial charge in [0.25, 0.3) is 0 Å². The maximum absolute atomic E-state index is 11.4. The monoisotopic (exact) mass is 301 g/mol. The summed E-state index contributed by atoms with van der Waals surface area (Å²) in [5, 5.41) is 11.5. The van der Waals surface area contributed by atoms with Crippen LogP contribution in [0.4, 0.5) is 4.79 Å². The van der Waals surface area contributed by atoms with Crippen molar-refractivity contribution < 1.29 is 14.6 Å². The van der Waals surface area contributed by atoms with Crippen molar-refractivity contribution >= 4 is 6.09 Å². The Bertz CT molecular complexity index is 249. The fraction of sp³-hybridized carbons (Fsp3) is 0.941. The summed E-state index contributed by atoms with van der Waals surface area (Å²) in [6, 6.07) is 0. The van der Waals surface area contributed by atoms with Gasteiger partial charge in [0, 0.05) is 13.2 Å². The van der Waals surface area contributed by atoms with Crippen LogP contribution >= 0.6 is 0 Å². The zero-order valence-corrected chi connectivity index (χ0v) is 14.2. The maximum atomic E-state index is 11.4. The molecule has 0 aromatic heterocycles. The molecule has 0 spiro atoms. The van der Waals surface area contributed by atoms with Gasteiger partial charge in [0.1, 0.15) is 5.60 Å². The third kappa shape index (κ3) is 17.2. The van der Waals surface area contributed by atoms with Gasteiger partial charge in [0.15, 0.2) is 0 Å². The van der Waals surface area contributed by atoms with Gasteiger partial charge in [-0.25, -0.2) is 4.79 Å². The molecule has 4 heteroatoms. The molecule has 0 unspecified atom stereocenters. The van der Waals surface area contributed by atoms with Crippen molar-refractivity contribution in [1.29, 1.82) is 0 Å². The van der Waals surface area contributed by atoms with Crippen molar-refractivity contribution in [3.8, 4) is 0 Å². The zero-order valence-electron chi connectivity index (χ0n) is 14.2. The van der Waals surface area contributed by atoms with E-state index >= 15 is 0 Å². The van der Waals surface area contributed by atoms with Gasteiger partial charge in [-0.15, -0.1) is 0 Å². The molecule has 0 aliphatic rings. The van der Waals surface area contributed by atoms with E-state index in [4.69, 9.17) is 9.84 Å². The molecule has 1 amide bonds. The molecule has 126 valence electrons. The van der Waals surface area contributed by atoms with Crippen LogP contribution in [0.25, 0.3) is 0 Å². The summed E-state index contributed by atoms with van der Waals surface area (Å²) in [6.45, 7) is 6.65. The summed E-state index contributed by atoms with van der Waals surface area (Å²) in [4.78, 5) is 11.4. The highest BCUT2D eigenvalue weighted by molar-refractivity contribution is 5.67. The zero-order chi connectivity index (χ0) is 16.0. The van der Waals surface area contributed by atoms with Crippen molar-refractivity contribution in [2.24, 2.45) is 0 Å². The first-order valence-electron chi connectivity index (χ1n) is 8.53. The molecule has 0 aliphatic carbocycles. The van der Waals surface area contributed by atoms with E-state index in [0.717, 1.165) is 19.3 Å². The van der Waals surface area contributed by atoms with E-state index in [-0.39, 0.29) is 6.09 Å². The molecule has 4 nitrogen and oxygen atoms in total. The minimum absolute atomic E-state index is 0.314. The van der Waals surface area contributed by atoms with Gasteiger partial charge in [-0.3, -0.25) is 0 Å². The van der Waals surface area contributed by atoms with E-state index in [9.17, 15) is 4.79 Å². The van der Waals surface area contributed by atoms with Crippen LogP contribution in [0.5, 0.6) is 0 Å². The molecule has 0 aromatic carbocycles. The lowest BCUT2D eigenvalue weighted by molar-refractivity contribution is 0.0527. The topological polar surface area (TPSA) is 58.6 Å². The van der Waals surface area contributed by atoms with Crippen LogP contribution in [-0.4, -0.2) is 30.0 Å². The Morgan fingerprint density at radius 3 is 1.71 bits per heavy atom. The number of amides is 1. The van der Waals surface area contributed by atoms with Crippen LogP contribution in [0.1, 0.15) is 85.0 Å². The third-order valence-corrected chi connectivity index (χ3v) is 3.25. The number of hydrogen-bond acceptors (Lipinski definition) is 3. The smallest absolute Gasteiger partial charge is 0.407 e.